The average Bonchev–Trinajstić information content (AvgIpc) is 3.39. The number of amides is 4. The van der Waals surface area contributed by atoms with Crippen LogP contribution in [0.3, 0.4) is 0 Å². The molecule has 3 aromatic rings. The topological polar surface area (TPSA) is 278 Å². The Morgan fingerprint density at radius 1 is 0.536 bits per heavy atom. The van der Waals surface area contributed by atoms with Crippen LogP contribution in [0, 0.1) is 3.57 Å². The summed E-state index contributed by atoms with van der Waals surface area (Å²) in [5.74, 6) is -1.99. The van der Waals surface area contributed by atoms with Crippen LogP contribution in [-0.4, -0.2) is 186 Å². The van der Waals surface area contributed by atoms with Gasteiger partial charge in [-0.25, -0.2) is 14.4 Å². The molecule has 23 heteroatoms. The summed E-state index contributed by atoms with van der Waals surface area (Å²) in [6.45, 7) is 12.0. The van der Waals surface area contributed by atoms with Crippen LogP contribution in [0.4, 0.5) is 9.59 Å². The van der Waals surface area contributed by atoms with Gasteiger partial charge in [-0.1, -0.05) is 60.7 Å². The third-order valence-corrected chi connectivity index (χ3v) is 13.4. The lowest BCUT2D eigenvalue weighted by Crippen LogP contribution is -2.47. The van der Waals surface area contributed by atoms with E-state index in [4.69, 9.17) is 57.8 Å². The number of rotatable bonds is 46. The zero-order valence-electron chi connectivity index (χ0n) is 49.3. The largest absolute Gasteiger partial charge is 0.449 e. The van der Waals surface area contributed by atoms with Crippen molar-refractivity contribution in [3.05, 3.63) is 93.1 Å². The summed E-state index contributed by atoms with van der Waals surface area (Å²) in [5, 5.41) is 11.2. The van der Waals surface area contributed by atoms with E-state index < -0.39 is 41.8 Å². The van der Waals surface area contributed by atoms with Crippen molar-refractivity contribution < 1.29 is 80.9 Å². The van der Waals surface area contributed by atoms with E-state index in [1.807, 2.05) is 36.4 Å². The van der Waals surface area contributed by atoms with Crippen LogP contribution in [0.1, 0.15) is 101 Å². The first-order valence-electron chi connectivity index (χ1n) is 29.2. The number of esters is 2. The number of ether oxygens (including phenoxy) is 11. The van der Waals surface area contributed by atoms with Crippen molar-refractivity contribution in [1.82, 2.24) is 21.3 Å². The maximum atomic E-state index is 13.3. The normalized spacial score (nSPS) is 12.6. The van der Waals surface area contributed by atoms with Crippen LogP contribution in [0.25, 0.3) is 11.1 Å². The summed E-state index contributed by atoms with van der Waals surface area (Å²) >= 11 is 2.26. The van der Waals surface area contributed by atoms with E-state index in [1.165, 1.54) is 9.13 Å². The molecule has 468 valence electrons. The maximum absolute atomic E-state index is 13.3. The molecular weight excluding hydrogens is 1200 g/mol. The number of aryl methyl sites for hydroxylation is 1. The van der Waals surface area contributed by atoms with E-state index in [-0.39, 0.29) is 57.1 Å². The fourth-order valence-electron chi connectivity index (χ4n) is 8.46. The zero-order chi connectivity index (χ0) is 60.5. The van der Waals surface area contributed by atoms with Gasteiger partial charge < -0.3 is 79.1 Å². The minimum Gasteiger partial charge on any atom is -0.449 e. The Balaban J connectivity index is 0.883. The molecule has 1 aliphatic rings. The molecule has 0 radical (unpaired) electrons. The number of halogens is 1. The Bertz CT molecular complexity index is 2310. The molecule has 2 atom stereocenters. The highest BCUT2D eigenvalue weighted by atomic mass is 127. The minimum atomic E-state index is -0.924. The summed E-state index contributed by atoms with van der Waals surface area (Å²) in [7, 11) is 0. The molecule has 1 aliphatic carbocycles. The molecule has 6 N–H and O–H groups in total. The van der Waals surface area contributed by atoms with Crippen LogP contribution in [0.2, 0.25) is 0 Å². The van der Waals surface area contributed by atoms with Crippen molar-refractivity contribution in [2.75, 3.05) is 132 Å². The molecule has 22 nitrogen and oxygen atoms in total. The van der Waals surface area contributed by atoms with E-state index in [9.17, 15) is 28.8 Å². The molecule has 0 unspecified atom stereocenters. The molecule has 0 spiro atoms. The first-order chi connectivity index (χ1) is 40.7. The molecule has 4 amide bonds. The second-order valence-corrected chi connectivity index (χ2v) is 21.9. The maximum Gasteiger partial charge on any atom is 0.407 e. The van der Waals surface area contributed by atoms with E-state index in [0.29, 0.717) is 144 Å². The molecule has 0 aliphatic heterocycles. The Hall–Kier alpha value is -5.35. The van der Waals surface area contributed by atoms with Gasteiger partial charge in [0.2, 0.25) is 11.8 Å². The number of fused-ring (bicyclic) bond motifs is 3. The van der Waals surface area contributed by atoms with E-state index in [0.717, 1.165) is 35.1 Å². The Morgan fingerprint density at radius 3 is 1.56 bits per heavy atom. The molecule has 4 rings (SSSR count). The second-order valence-electron chi connectivity index (χ2n) is 20.6. The van der Waals surface area contributed by atoms with Gasteiger partial charge in [0, 0.05) is 35.5 Å². The third-order valence-electron chi connectivity index (χ3n) is 12.7. The van der Waals surface area contributed by atoms with Gasteiger partial charge in [0.15, 0.2) is 0 Å². The highest BCUT2D eigenvalue weighted by molar-refractivity contribution is 14.1. The quantitative estimate of drug-likeness (QED) is 0.0132. The van der Waals surface area contributed by atoms with Gasteiger partial charge in [0.25, 0.3) is 0 Å². The summed E-state index contributed by atoms with van der Waals surface area (Å²) in [5.41, 5.74) is 10.9. The lowest BCUT2D eigenvalue weighted by Gasteiger charge is -2.21. The van der Waals surface area contributed by atoms with E-state index in [1.54, 1.807) is 20.8 Å². The van der Waals surface area contributed by atoms with Crippen molar-refractivity contribution in [3.8, 4) is 11.1 Å². The van der Waals surface area contributed by atoms with Crippen molar-refractivity contribution in [2.45, 2.75) is 109 Å². The number of hydrogen-bond acceptors (Lipinski definition) is 18. The molecule has 0 aromatic heterocycles. The lowest BCUT2D eigenvalue weighted by atomic mass is 9.98. The Morgan fingerprint density at radius 2 is 1.02 bits per heavy atom. The SMILES string of the molecule is CC(C)(C)OC(=O)NCCCC[C@H](NC(=O)OCC1c2ccccc2-c2ccccc21)C(=O)NCCOCCOCCOCCOCCOCCOCCOCCOCCC(=O)OC(=O)[C@@H](N)CCCCNC(=O)CCCc1ccc(I)cc1. The number of nitrogens with one attached hydrogen (secondary N) is 4. The molecule has 0 fully saturated rings. The minimum absolute atomic E-state index is 0.00478. The predicted molar refractivity (Wildman–Crippen MR) is 322 cm³/mol. The zero-order valence-corrected chi connectivity index (χ0v) is 51.4. The third kappa shape index (κ3) is 32.2. The molecule has 0 saturated carbocycles. The highest BCUT2D eigenvalue weighted by Crippen LogP contribution is 2.44. The molecule has 0 heterocycles. The van der Waals surface area contributed by atoms with Crippen LogP contribution >= 0.6 is 22.6 Å². The second kappa shape index (κ2) is 43.3. The van der Waals surface area contributed by atoms with Crippen molar-refractivity contribution >= 4 is 58.5 Å². The number of benzene rings is 3. The first-order valence-corrected chi connectivity index (χ1v) is 30.3. The van der Waals surface area contributed by atoms with Crippen LogP contribution < -0.4 is 27.0 Å². The average molecular weight is 1290 g/mol. The fraction of sp³-hybridized carbons (Fsp3) is 0.607. The number of carbonyl (C=O) groups excluding carboxylic acids is 6. The number of unbranched alkanes of at least 4 members (excludes halogenated alkanes) is 2. The molecule has 0 saturated heterocycles. The summed E-state index contributed by atoms with van der Waals surface area (Å²) in [6.07, 6.45) is 3.79. The van der Waals surface area contributed by atoms with Crippen molar-refractivity contribution in [3.63, 3.8) is 0 Å². The monoisotopic (exact) mass is 1290 g/mol. The fourth-order valence-corrected chi connectivity index (χ4v) is 8.82. The van der Waals surface area contributed by atoms with Crippen molar-refractivity contribution in [1.29, 1.82) is 0 Å². The lowest BCUT2D eigenvalue weighted by molar-refractivity contribution is -0.161. The van der Waals surface area contributed by atoms with E-state index in [2.05, 4.69) is 80.3 Å². The Kier molecular flexibility index (Phi) is 36.7. The molecule has 84 heavy (non-hydrogen) atoms. The van der Waals surface area contributed by atoms with Gasteiger partial charge in [-0.3, -0.25) is 14.4 Å². The predicted octanol–water partition coefficient (Wildman–Crippen LogP) is 6.54. The van der Waals surface area contributed by atoms with Crippen LogP contribution in [0.5, 0.6) is 0 Å². The van der Waals surface area contributed by atoms with Crippen molar-refractivity contribution in [2.24, 2.45) is 5.73 Å². The summed E-state index contributed by atoms with van der Waals surface area (Å²) in [4.78, 5) is 74.9. The number of nitrogens with two attached hydrogens (primary N) is 1. The molecule has 3 aromatic carbocycles. The van der Waals surface area contributed by atoms with Gasteiger partial charge in [-0.05, 0) is 135 Å². The summed E-state index contributed by atoms with van der Waals surface area (Å²) < 4.78 is 61.2. The van der Waals surface area contributed by atoms with Gasteiger partial charge in [-0.2, -0.15) is 0 Å². The standard InChI is InChI=1S/C61H90IN5O17/c1-61(2,3)84-59(72)66-27-11-9-19-54(67-60(73)82-45-52-50-16-6-4-14-48(50)49-15-5-7-17-51(49)52)57(70)65-28-30-75-32-34-77-36-38-79-40-42-81-44-43-80-41-39-78-37-35-76-33-31-74-29-25-56(69)83-58(71)53(63)18-8-10-26-64-55(68)20-12-13-46-21-23-47(62)24-22-46/h4-7,14-17,21-24,52-54H,8-13,18-20,25-45,63H2,1-3H3,(H,64,68)(H,65,70)(H,66,72)(H,67,73)/t53-,54-/m0/s1. The summed E-state index contributed by atoms with van der Waals surface area (Å²) in [6, 6.07) is 22.6. The highest BCUT2D eigenvalue weighted by Gasteiger charge is 2.30. The molecular formula is C61H90IN5O17. The smallest absolute Gasteiger partial charge is 0.407 e. The van der Waals surface area contributed by atoms with Gasteiger partial charge in [0.1, 0.15) is 24.3 Å². The van der Waals surface area contributed by atoms with Crippen LogP contribution in [-0.2, 0) is 77.7 Å². The molecule has 0 bridgehead atoms. The first kappa shape index (κ1) is 71.1. The number of hydrogen-bond donors (Lipinski definition) is 5. The van der Waals surface area contributed by atoms with Gasteiger partial charge in [-0.15, -0.1) is 0 Å². The van der Waals surface area contributed by atoms with Gasteiger partial charge in [0.05, 0.1) is 112 Å². The van der Waals surface area contributed by atoms with Crippen LogP contribution in [0.15, 0.2) is 72.8 Å². The number of carbonyl (C=O) groups is 6. The Labute approximate surface area is 508 Å². The van der Waals surface area contributed by atoms with Gasteiger partial charge >= 0.3 is 24.1 Å². The van der Waals surface area contributed by atoms with E-state index >= 15 is 0 Å². The number of alkyl carbamates (subject to hydrolysis) is 2.